The van der Waals surface area contributed by atoms with Gasteiger partial charge >= 0.3 is 0 Å². The molecule has 134 valence electrons. The average Bonchev–Trinajstić information content (AvgIpc) is 3.14. The maximum absolute atomic E-state index is 13.3. The van der Waals surface area contributed by atoms with Crippen molar-refractivity contribution in [1.29, 1.82) is 0 Å². The van der Waals surface area contributed by atoms with E-state index in [2.05, 4.69) is 10.1 Å². The second-order valence-corrected chi connectivity index (χ2v) is 6.54. The number of hydrogen-bond acceptors (Lipinski definition) is 3. The van der Waals surface area contributed by atoms with E-state index in [1.807, 2.05) is 4.90 Å². The lowest BCUT2D eigenvalue weighted by molar-refractivity contribution is -0.133. The Labute approximate surface area is 145 Å². The second-order valence-electron chi connectivity index (χ2n) is 6.54. The zero-order valence-corrected chi connectivity index (χ0v) is 14.1. The molecule has 1 aromatic heterocycles. The van der Waals surface area contributed by atoms with Gasteiger partial charge in [0.1, 0.15) is 12.7 Å². The molecule has 1 aliphatic heterocycles. The van der Waals surface area contributed by atoms with Crippen molar-refractivity contribution in [1.82, 2.24) is 19.7 Å². The predicted molar refractivity (Wildman–Crippen MR) is 88.6 cm³/mol. The molecule has 1 amide bonds. The maximum Gasteiger partial charge on any atom is 0.224 e. The summed E-state index contributed by atoms with van der Waals surface area (Å²) in [4.78, 5) is 18.1. The molecule has 7 heteroatoms. The molecular weight excluding hydrogens is 326 g/mol. The van der Waals surface area contributed by atoms with E-state index in [-0.39, 0.29) is 5.91 Å². The fourth-order valence-electron chi connectivity index (χ4n) is 3.31. The van der Waals surface area contributed by atoms with Crippen molar-refractivity contribution < 1.29 is 13.6 Å². The van der Waals surface area contributed by atoms with Crippen LogP contribution in [0, 0.1) is 17.6 Å². The molecule has 5 nitrogen and oxygen atoms in total. The summed E-state index contributed by atoms with van der Waals surface area (Å²) in [7, 11) is 0. The minimum Gasteiger partial charge on any atom is -0.342 e. The third-order valence-electron chi connectivity index (χ3n) is 4.72. The summed E-state index contributed by atoms with van der Waals surface area (Å²) in [5.41, 5.74) is 0.800. The first-order valence-corrected chi connectivity index (χ1v) is 8.66. The van der Waals surface area contributed by atoms with Gasteiger partial charge in [-0.25, -0.2) is 13.8 Å². The van der Waals surface area contributed by atoms with Crippen molar-refractivity contribution in [2.24, 2.45) is 5.92 Å². The zero-order chi connectivity index (χ0) is 17.6. The van der Waals surface area contributed by atoms with Gasteiger partial charge in [0.15, 0.2) is 11.6 Å². The summed E-state index contributed by atoms with van der Waals surface area (Å²) in [6, 6.07) is 4.06. The van der Waals surface area contributed by atoms with Crippen molar-refractivity contribution in [3.05, 3.63) is 48.1 Å². The first kappa shape index (κ1) is 17.5. The third-order valence-corrected chi connectivity index (χ3v) is 4.72. The summed E-state index contributed by atoms with van der Waals surface area (Å²) in [6.45, 7) is 2.06. The SMILES string of the molecule is O=C(CCn1cncn1)N1CCC[C@H](CCc2ccc(F)c(F)c2)C1. The number of amides is 1. The molecule has 1 atom stereocenters. The summed E-state index contributed by atoms with van der Waals surface area (Å²) < 4.78 is 27.9. The number of halogens is 2. The number of likely N-dealkylation sites (tertiary alicyclic amines) is 1. The standard InChI is InChI=1S/C18H22F2N4O/c19-16-6-5-14(10-17(16)20)3-4-15-2-1-8-23(11-15)18(25)7-9-24-13-21-12-22-24/h5-6,10,12-13,15H,1-4,7-9,11H2/t15-/m1/s1. The van der Waals surface area contributed by atoms with Gasteiger partial charge in [-0.2, -0.15) is 5.10 Å². The highest BCUT2D eigenvalue weighted by atomic mass is 19.2. The minimum atomic E-state index is -0.814. The third kappa shape index (κ3) is 4.84. The van der Waals surface area contributed by atoms with Crippen LogP contribution in [-0.4, -0.2) is 38.7 Å². The molecular formula is C18H22F2N4O. The minimum absolute atomic E-state index is 0.132. The van der Waals surface area contributed by atoms with Crippen molar-refractivity contribution in [2.45, 2.75) is 38.6 Å². The van der Waals surface area contributed by atoms with E-state index in [0.29, 0.717) is 25.3 Å². The molecule has 0 unspecified atom stereocenters. The van der Waals surface area contributed by atoms with Gasteiger partial charge < -0.3 is 4.90 Å². The van der Waals surface area contributed by atoms with E-state index in [4.69, 9.17) is 0 Å². The van der Waals surface area contributed by atoms with Crippen LogP contribution in [-0.2, 0) is 17.8 Å². The van der Waals surface area contributed by atoms with E-state index in [1.165, 1.54) is 18.5 Å². The summed E-state index contributed by atoms with van der Waals surface area (Å²) in [6.07, 6.45) is 7.10. The summed E-state index contributed by atoms with van der Waals surface area (Å²) in [5.74, 6) is -1.08. The number of nitrogens with zero attached hydrogens (tertiary/aromatic N) is 4. The van der Waals surface area contributed by atoms with Gasteiger partial charge in [-0.1, -0.05) is 6.07 Å². The van der Waals surface area contributed by atoms with Crippen LogP contribution in [0.15, 0.2) is 30.9 Å². The zero-order valence-electron chi connectivity index (χ0n) is 14.1. The quantitative estimate of drug-likeness (QED) is 0.807. The predicted octanol–water partition coefficient (Wildman–Crippen LogP) is 2.82. The van der Waals surface area contributed by atoms with E-state index < -0.39 is 11.6 Å². The van der Waals surface area contributed by atoms with Crippen LogP contribution in [0.1, 0.15) is 31.2 Å². The number of rotatable bonds is 6. The van der Waals surface area contributed by atoms with Crippen LogP contribution in [0.25, 0.3) is 0 Å². The van der Waals surface area contributed by atoms with Crippen molar-refractivity contribution in [3.8, 4) is 0 Å². The number of benzene rings is 1. The Morgan fingerprint density at radius 2 is 2.16 bits per heavy atom. The number of hydrogen-bond donors (Lipinski definition) is 0. The number of aromatic nitrogens is 3. The second kappa shape index (κ2) is 8.18. The Kier molecular flexibility index (Phi) is 5.73. The first-order valence-electron chi connectivity index (χ1n) is 8.66. The van der Waals surface area contributed by atoms with Crippen LogP contribution >= 0.6 is 0 Å². The monoisotopic (exact) mass is 348 g/mol. The molecule has 0 spiro atoms. The molecule has 0 bridgehead atoms. The number of carbonyl (C=O) groups excluding carboxylic acids is 1. The molecule has 2 heterocycles. The van der Waals surface area contributed by atoms with Crippen LogP contribution < -0.4 is 0 Å². The van der Waals surface area contributed by atoms with Crippen molar-refractivity contribution in [3.63, 3.8) is 0 Å². The molecule has 1 aliphatic rings. The highest BCUT2D eigenvalue weighted by Crippen LogP contribution is 2.22. The Hall–Kier alpha value is -2.31. The molecule has 0 N–H and O–H groups in total. The van der Waals surface area contributed by atoms with Crippen molar-refractivity contribution in [2.75, 3.05) is 13.1 Å². The highest BCUT2D eigenvalue weighted by Gasteiger charge is 2.23. The van der Waals surface area contributed by atoms with Crippen LogP contribution in [0.3, 0.4) is 0 Å². The van der Waals surface area contributed by atoms with Crippen LogP contribution in [0.4, 0.5) is 8.78 Å². The lowest BCUT2D eigenvalue weighted by Gasteiger charge is -2.33. The lowest BCUT2D eigenvalue weighted by atomic mass is 9.91. The summed E-state index contributed by atoms with van der Waals surface area (Å²) in [5, 5.41) is 4.00. The van der Waals surface area contributed by atoms with Gasteiger partial charge in [0, 0.05) is 19.5 Å². The number of aryl methyl sites for hydroxylation is 2. The molecule has 0 saturated carbocycles. The largest absolute Gasteiger partial charge is 0.342 e. The molecule has 25 heavy (non-hydrogen) atoms. The summed E-state index contributed by atoms with van der Waals surface area (Å²) >= 11 is 0. The van der Waals surface area contributed by atoms with Crippen LogP contribution in [0.2, 0.25) is 0 Å². The molecule has 1 saturated heterocycles. The molecule has 1 fully saturated rings. The Morgan fingerprint density at radius 3 is 2.92 bits per heavy atom. The Morgan fingerprint density at radius 1 is 1.28 bits per heavy atom. The van der Waals surface area contributed by atoms with E-state index in [9.17, 15) is 13.6 Å². The van der Waals surface area contributed by atoms with Crippen molar-refractivity contribution >= 4 is 5.91 Å². The normalized spacial score (nSPS) is 17.7. The Bertz CT molecular complexity index is 705. The number of carbonyl (C=O) groups is 1. The molecule has 2 aromatic rings. The fraction of sp³-hybridized carbons (Fsp3) is 0.500. The molecule has 0 radical (unpaired) electrons. The average molecular weight is 348 g/mol. The topological polar surface area (TPSA) is 51.0 Å². The molecule has 3 rings (SSSR count). The molecule has 1 aromatic carbocycles. The van der Waals surface area contributed by atoms with Crippen LogP contribution in [0.5, 0.6) is 0 Å². The Balaban J connectivity index is 1.47. The lowest BCUT2D eigenvalue weighted by Crippen LogP contribution is -2.40. The first-order chi connectivity index (χ1) is 12.1. The highest BCUT2D eigenvalue weighted by molar-refractivity contribution is 5.76. The molecule has 0 aliphatic carbocycles. The fourth-order valence-corrected chi connectivity index (χ4v) is 3.31. The van der Waals surface area contributed by atoms with E-state index in [0.717, 1.165) is 37.9 Å². The van der Waals surface area contributed by atoms with E-state index in [1.54, 1.807) is 17.1 Å². The van der Waals surface area contributed by atoms with Gasteiger partial charge in [0.05, 0.1) is 6.54 Å². The van der Waals surface area contributed by atoms with Gasteiger partial charge in [-0.3, -0.25) is 9.48 Å². The van der Waals surface area contributed by atoms with Gasteiger partial charge in [0.2, 0.25) is 5.91 Å². The van der Waals surface area contributed by atoms with Gasteiger partial charge in [0.25, 0.3) is 0 Å². The smallest absolute Gasteiger partial charge is 0.224 e. The van der Waals surface area contributed by atoms with Gasteiger partial charge in [-0.15, -0.1) is 0 Å². The van der Waals surface area contributed by atoms with E-state index >= 15 is 0 Å². The van der Waals surface area contributed by atoms with Gasteiger partial charge in [-0.05, 0) is 49.3 Å². The maximum atomic E-state index is 13.3. The number of piperidine rings is 1.